The number of carbonyl (C=O) groups excluding carboxylic acids is 2. The molecule has 14 heteroatoms. The van der Waals surface area contributed by atoms with E-state index in [-0.39, 0.29) is 38.4 Å². The summed E-state index contributed by atoms with van der Waals surface area (Å²) in [6, 6.07) is -1.00. The first-order valence-electron chi connectivity index (χ1n) is 28.2. The number of nitrogens with one attached hydrogen (secondary N) is 2. The number of carbonyl (C=O) groups is 2. The van der Waals surface area contributed by atoms with Crippen LogP contribution in [0.5, 0.6) is 0 Å². The maximum atomic E-state index is 12.8. The van der Waals surface area contributed by atoms with Crippen molar-refractivity contribution in [1.29, 1.82) is 0 Å². The van der Waals surface area contributed by atoms with E-state index in [4.69, 9.17) is 28.4 Å². The number of amides is 2. The number of hydrogen-bond donors (Lipinski definition) is 5. The second-order valence-electron chi connectivity index (χ2n) is 19.7. The van der Waals surface area contributed by atoms with Crippen molar-refractivity contribution in [2.45, 2.75) is 230 Å². The van der Waals surface area contributed by atoms with Crippen molar-refractivity contribution in [3.8, 4) is 0 Å². The van der Waals surface area contributed by atoms with E-state index in [1.807, 2.05) is 11.9 Å². The quantitative estimate of drug-likeness (QED) is 0.0289. The number of nitrogens with zero attached hydrogens (tertiary/aromatic N) is 1. The third kappa shape index (κ3) is 33.1. The maximum absolute atomic E-state index is 12.8. The third-order valence-electron chi connectivity index (χ3n) is 13.1. The number of allylic oxidation sites excluding steroid dienone is 8. The molecule has 71 heavy (non-hydrogen) atoms. The van der Waals surface area contributed by atoms with Crippen LogP contribution in [-0.2, 0) is 38.0 Å². The Labute approximate surface area is 431 Å². The summed E-state index contributed by atoms with van der Waals surface area (Å²) in [7, 11) is 1.95. The molecule has 2 amide bonds. The molecule has 2 heterocycles. The largest absolute Gasteiger partial charge is 0.394 e. The van der Waals surface area contributed by atoms with E-state index >= 15 is 0 Å². The molecule has 2 rings (SSSR count). The Balaban J connectivity index is 1.65. The monoisotopic (exact) mass is 1010 g/mol. The number of hydrogen-bond acceptors (Lipinski definition) is 12. The van der Waals surface area contributed by atoms with Gasteiger partial charge in [-0.05, 0) is 84.1 Å². The molecule has 412 valence electrons. The van der Waals surface area contributed by atoms with Crippen LogP contribution in [0.15, 0.2) is 48.6 Å². The first-order valence-corrected chi connectivity index (χ1v) is 28.2. The lowest BCUT2D eigenvalue weighted by molar-refractivity contribution is -0.272. The van der Waals surface area contributed by atoms with E-state index in [0.29, 0.717) is 32.9 Å². The molecular weight excluding hydrogens is 903 g/mol. The highest BCUT2D eigenvalue weighted by molar-refractivity contribution is 5.77. The number of ether oxygens (including phenoxy) is 6. The Hall–Kier alpha value is -2.50. The molecule has 2 fully saturated rings. The SMILES string of the molecule is CCCCC/C=C\C/C=C\CCCCCCCCC1(CCCCCCCC/C=C\C/C=C\CCCCC)OC[C@H](CN(C)CC(=O)NCCOCCOCCO[C@@H]2OC(CO)[C@H](O)[C@H](O)C2NC(C)=O)O1. The minimum Gasteiger partial charge on any atom is -0.394 e. The summed E-state index contributed by atoms with van der Waals surface area (Å²) in [5.74, 6) is -1.04. The van der Waals surface area contributed by atoms with Gasteiger partial charge in [0.25, 0.3) is 0 Å². The fourth-order valence-corrected chi connectivity index (χ4v) is 8.99. The number of aliphatic hydroxyl groups is 3. The molecule has 0 bridgehead atoms. The van der Waals surface area contributed by atoms with Gasteiger partial charge >= 0.3 is 0 Å². The van der Waals surface area contributed by atoms with Crippen molar-refractivity contribution < 1.29 is 53.3 Å². The van der Waals surface area contributed by atoms with E-state index < -0.39 is 48.9 Å². The normalized spacial score (nSPS) is 21.5. The predicted octanol–water partition coefficient (Wildman–Crippen LogP) is 9.55. The van der Waals surface area contributed by atoms with E-state index in [1.54, 1.807) is 0 Å². The van der Waals surface area contributed by atoms with Gasteiger partial charge in [-0.15, -0.1) is 0 Å². The van der Waals surface area contributed by atoms with Crippen LogP contribution in [0.2, 0.25) is 0 Å². The molecule has 2 saturated heterocycles. The van der Waals surface area contributed by atoms with Gasteiger partial charge in [0.2, 0.25) is 11.8 Å². The minimum absolute atomic E-state index is 0.0812. The number of rotatable bonds is 46. The average Bonchev–Trinajstić information content (AvgIpc) is 3.75. The lowest BCUT2D eigenvalue weighted by Gasteiger charge is -2.42. The standard InChI is InChI=1S/C57H103N3O11/c1-5-7-9-11-13-15-17-19-21-23-25-27-29-31-33-35-37-57(38-36-34-32-30-28-26-24-22-20-18-16-14-12-10-8-6-2)69-48-50(71-57)45-60(4)46-52(63)58-39-40-66-41-42-67-43-44-68-56-53(59-49(3)62)55(65)54(64)51(47-61)70-56/h13-16,19-22,50-51,53-56,61,64-65H,5-12,17-18,23-48H2,1-4H3,(H,58,63)(H,59,62)/b15-13-,16-14-,21-19-,22-20-/t50-,51?,53?,54-,55+,56+/m0/s1. The van der Waals surface area contributed by atoms with Crippen molar-refractivity contribution in [1.82, 2.24) is 15.5 Å². The minimum atomic E-state index is -1.37. The van der Waals surface area contributed by atoms with E-state index in [1.165, 1.54) is 135 Å². The molecular formula is C57H103N3O11. The summed E-state index contributed by atoms with van der Waals surface area (Å²) >= 11 is 0. The lowest BCUT2D eigenvalue weighted by Crippen LogP contribution is -2.64. The molecule has 0 saturated carbocycles. The predicted molar refractivity (Wildman–Crippen MR) is 285 cm³/mol. The second kappa shape index (κ2) is 43.9. The van der Waals surface area contributed by atoms with E-state index in [9.17, 15) is 24.9 Å². The fourth-order valence-electron chi connectivity index (χ4n) is 8.99. The molecule has 0 aromatic heterocycles. The van der Waals surface area contributed by atoms with Crippen molar-refractivity contribution in [2.75, 3.05) is 72.9 Å². The number of likely N-dealkylation sites (N-methyl/N-ethyl adjacent to an activating group) is 1. The molecule has 0 radical (unpaired) electrons. The summed E-state index contributed by atoms with van der Waals surface area (Å²) in [6.07, 6.45) is 44.8. The van der Waals surface area contributed by atoms with Gasteiger partial charge in [-0.2, -0.15) is 0 Å². The van der Waals surface area contributed by atoms with Crippen molar-refractivity contribution in [3.63, 3.8) is 0 Å². The Morgan fingerprint density at radius 2 is 1.15 bits per heavy atom. The van der Waals surface area contributed by atoms with Gasteiger partial charge in [0, 0.05) is 32.9 Å². The summed E-state index contributed by atoms with van der Waals surface area (Å²) in [6.45, 7) is 8.24. The van der Waals surface area contributed by atoms with Crippen molar-refractivity contribution in [3.05, 3.63) is 48.6 Å². The van der Waals surface area contributed by atoms with Gasteiger partial charge < -0.3 is 54.4 Å². The summed E-state index contributed by atoms with van der Waals surface area (Å²) < 4.78 is 35.7. The van der Waals surface area contributed by atoms with Crippen LogP contribution >= 0.6 is 0 Å². The lowest BCUT2D eigenvalue weighted by atomic mass is 9.97. The van der Waals surface area contributed by atoms with Crippen LogP contribution in [0.25, 0.3) is 0 Å². The van der Waals surface area contributed by atoms with Gasteiger partial charge in [0.1, 0.15) is 24.4 Å². The van der Waals surface area contributed by atoms with Gasteiger partial charge in [-0.25, -0.2) is 0 Å². The molecule has 0 aromatic rings. The molecule has 14 nitrogen and oxygen atoms in total. The maximum Gasteiger partial charge on any atom is 0.234 e. The number of unbranched alkanes of at least 4 members (excludes halogenated alkanes) is 18. The van der Waals surface area contributed by atoms with Crippen LogP contribution < -0.4 is 10.6 Å². The summed E-state index contributed by atoms with van der Waals surface area (Å²) in [4.78, 5) is 26.4. The summed E-state index contributed by atoms with van der Waals surface area (Å²) in [5.41, 5.74) is 0. The second-order valence-corrected chi connectivity index (χ2v) is 19.7. The van der Waals surface area contributed by atoms with Gasteiger partial charge in [-0.1, -0.05) is 140 Å². The molecule has 2 unspecified atom stereocenters. The highest BCUT2D eigenvalue weighted by atomic mass is 16.7. The molecule has 6 atom stereocenters. The molecule has 2 aliphatic heterocycles. The topological polar surface area (TPSA) is 178 Å². The smallest absolute Gasteiger partial charge is 0.234 e. The number of aliphatic hydroxyl groups excluding tert-OH is 3. The van der Waals surface area contributed by atoms with Gasteiger partial charge in [0.05, 0.1) is 58.9 Å². The molecule has 5 N–H and O–H groups in total. The van der Waals surface area contributed by atoms with Crippen LogP contribution in [0.4, 0.5) is 0 Å². The van der Waals surface area contributed by atoms with Gasteiger partial charge in [0.15, 0.2) is 12.1 Å². The Morgan fingerprint density at radius 3 is 1.68 bits per heavy atom. The third-order valence-corrected chi connectivity index (χ3v) is 13.1. The fraction of sp³-hybridized carbons (Fsp3) is 0.825. The Bertz CT molecular complexity index is 1360. The van der Waals surface area contributed by atoms with Crippen molar-refractivity contribution >= 4 is 11.8 Å². The highest BCUT2D eigenvalue weighted by Gasteiger charge is 2.45. The molecule has 2 aliphatic rings. The zero-order valence-corrected chi connectivity index (χ0v) is 45.1. The Morgan fingerprint density at radius 1 is 0.662 bits per heavy atom. The van der Waals surface area contributed by atoms with Gasteiger partial charge in [-0.3, -0.25) is 14.5 Å². The zero-order valence-electron chi connectivity index (χ0n) is 45.1. The van der Waals surface area contributed by atoms with E-state index in [0.717, 1.165) is 38.5 Å². The van der Waals surface area contributed by atoms with Crippen LogP contribution in [0.3, 0.4) is 0 Å². The van der Waals surface area contributed by atoms with Crippen LogP contribution in [0, 0.1) is 0 Å². The Kier molecular flexibility index (Phi) is 39.9. The zero-order chi connectivity index (χ0) is 51.5. The van der Waals surface area contributed by atoms with Crippen LogP contribution in [-0.4, -0.2) is 147 Å². The summed E-state index contributed by atoms with van der Waals surface area (Å²) in [5, 5.41) is 35.5. The highest BCUT2D eigenvalue weighted by Crippen LogP contribution is 2.35. The van der Waals surface area contributed by atoms with Crippen LogP contribution in [0.1, 0.15) is 188 Å². The van der Waals surface area contributed by atoms with Crippen molar-refractivity contribution in [2.24, 2.45) is 0 Å². The van der Waals surface area contributed by atoms with E-state index in [2.05, 4.69) is 73.1 Å². The first-order chi connectivity index (χ1) is 34.6. The molecule has 0 aliphatic carbocycles. The molecule has 0 spiro atoms. The molecule has 0 aromatic carbocycles. The average molecular weight is 1010 g/mol. The first kappa shape index (κ1) is 64.6.